The normalized spacial score (nSPS) is 29.8. The Morgan fingerprint density at radius 3 is 2.89 bits per heavy atom. The van der Waals surface area contributed by atoms with Crippen LogP contribution in [0.5, 0.6) is 5.88 Å². The van der Waals surface area contributed by atoms with Gasteiger partial charge in [-0.15, -0.1) is 0 Å². The van der Waals surface area contributed by atoms with Crippen molar-refractivity contribution in [3.05, 3.63) is 23.2 Å². The van der Waals surface area contributed by atoms with Crippen molar-refractivity contribution in [3.8, 4) is 5.88 Å². The number of benzene rings is 1. The third-order valence-electron chi connectivity index (χ3n) is 4.26. The maximum Gasteiger partial charge on any atom is 0.262 e. The first-order chi connectivity index (χ1) is 9.29. The lowest BCUT2D eigenvalue weighted by Crippen LogP contribution is -2.52. The Bertz CT molecular complexity index is 605. The van der Waals surface area contributed by atoms with Crippen molar-refractivity contribution < 1.29 is 9.26 Å². The van der Waals surface area contributed by atoms with Crippen molar-refractivity contribution in [3.63, 3.8) is 0 Å². The fourth-order valence-electron chi connectivity index (χ4n) is 3.16. The van der Waals surface area contributed by atoms with Crippen LogP contribution >= 0.6 is 11.6 Å². The number of hydrogen-bond acceptors (Lipinski definition) is 4. The minimum Gasteiger partial charge on any atom is -0.470 e. The van der Waals surface area contributed by atoms with Crippen LogP contribution in [0.2, 0.25) is 5.02 Å². The SMILES string of the molecule is Clc1ccc2onc(OC3CN4CCC3CC4)c2c1. The summed E-state index contributed by atoms with van der Waals surface area (Å²) in [5, 5.41) is 5.58. The number of ether oxygens (including phenoxy) is 1. The highest BCUT2D eigenvalue weighted by Crippen LogP contribution is 2.33. The van der Waals surface area contributed by atoms with Crippen molar-refractivity contribution in [1.29, 1.82) is 0 Å². The van der Waals surface area contributed by atoms with E-state index >= 15 is 0 Å². The number of halogens is 1. The van der Waals surface area contributed by atoms with Gasteiger partial charge in [0.25, 0.3) is 5.88 Å². The molecule has 4 heterocycles. The molecule has 3 aliphatic rings. The Balaban J connectivity index is 1.63. The van der Waals surface area contributed by atoms with E-state index in [-0.39, 0.29) is 6.10 Å². The van der Waals surface area contributed by atoms with Crippen LogP contribution in [0.1, 0.15) is 12.8 Å². The highest BCUT2D eigenvalue weighted by atomic mass is 35.5. The summed E-state index contributed by atoms with van der Waals surface area (Å²) in [6, 6.07) is 5.48. The maximum atomic E-state index is 6.09. The van der Waals surface area contributed by atoms with E-state index in [1.807, 2.05) is 12.1 Å². The highest BCUT2D eigenvalue weighted by Gasteiger charge is 2.36. The number of aromatic nitrogens is 1. The molecule has 3 saturated heterocycles. The van der Waals surface area contributed by atoms with Crippen LogP contribution in [-0.4, -0.2) is 35.8 Å². The molecule has 3 fully saturated rings. The van der Waals surface area contributed by atoms with Gasteiger partial charge in [-0.2, -0.15) is 0 Å². The second kappa shape index (κ2) is 4.39. The number of rotatable bonds is 2. The summed E-state index contributed by atoms with van der Waals surface area (Å²) in [6.07, 6.45) is 2.68. The molecule has 2 aromatic rings. The lowest BCUT2D eigenvalue weighted by Gasteiger charge is -2.43. The van der Waals surface area contributed by atoms with E-state index in [9.17, 15) is 0 Å². The molecule has 3 aliphatic heterocycles. The zero-order valence-electron chi connectivity index (χ0n) is 10.5. The maximum absolute atomic E-state index is 6.09. The number of fused-ring (bicyclic) bond motifs is 4. The second-order valence-electron chi connectivity index (χ2n) is 5.42. The molecule has 19 heavy (non-hydrogen) atoms. The molecule has 0 radical (unpaired) electrons. The van der Waals surface area contributed by atoms with E-state index < -0.39 is 0 Å². The third kappa shape index (κ3) is 1.99. The molecule has 1 unspecified atom stereocenters. The Morgan fingerprint density at radius 2 is 2.16 bits per heavy atom. The molecule has 1 atom stereocenters. The van der Waals surface area contributed by atoms with E-state index in [1.54, 1.807) is 6.07 Å². The minimum absolute atomic E-state index is 0.231. The smallest absolute Gasteiger partial charge is 0.262 e. The minimum atomic E-state index is 0.231. The molecule has 0 amide bonds. The van der Waals surface area contributed by atoms with Crippen molar-refractivity contribution in [1.82, 2.24) is 10.1 Å². The Labute approximate surface area is 116 Å². The van der Waals surface area contributed by atoms with Crippen LogP contribution < -0.4 is 4.74 Å². The molecule has 0 spiro atoms. The predicted molar refractivity (Wildman–Crippen MR) is 72.6 cm³/mol. The Hall–Kier alpha value is -1.26. The summed E-state index contributed by atoms with van der Waals surface area (Å²) in [5.41, 5.74) is 0.723. The van der Waals surface area contributed by atoms with Gasteiger partial charge in [0, 0.05) is 11.6 Å². The van der Waals surface area contributed by atoms with Gasteiger partial charge in [-0.3, -0.25) is 4.90 Å². The molecule has 4 nitrogen and oxygen atoms in total. The van der Waals surface area contributed by atoms with E-state index in [0.29, 0.717) is 16.8 Å². The van der Waals surface area contributed by atoms with Crippen molar-refractivity contribution in [2.75, 3.05) is 19.6 Å². The molecule has 1 aromatic heterocycles. The van der Waals surface area contributed by atoms with E-state index in [0.717, 1.165) is 17.5 Å². The summed E-state index contributed by atoms with van der Waals surface area (Å²) in [6.45, 7) is 3.41. The number of piperidine rings is 3. The second-order valence-corrected chi connectivity index (χ2v) is 5.86. The average molecular weight is 279 g/mol. The van der Waals surface area contributed by atoms with Crippen LogP contribution in [0.3, 0.4) is 0 Å². The summed E-state index contributed by atoms with van der Waals surface area (Å²) in [7, 11) is 0. The van der Waals surface area contributed by atoms with E-state index in [1.165, 1.54) is 25.9 Å². The van der Waals surface area contributed by atoms with Gasteiger partial charge in [-0.1, -0.05) is 11.6 Å². The number of hydrogen-bond donors (Lipinski definition) is 0. The van der Waals surface area contributed by atoms with Crippen molar-refractivity contribution in [2.24, 2.45) is 5.92 Å². The van der Waals surface area contributed by atoms with Crippen molar-refractivity contribution >= 4 is 22.6 Å². The first-order valence-corrected chi connectivity index (χ1v) is 7.11. The zero-order valence-corrected chi connectivity index (χ0v) is 11.3. The van der Waals surface area contributed by atoms with Gasteiger partial charge in [-0.05, 0) is 55.2 Å². The molecule has 5 heteroatoms. The van der Waals surface area contributed by atoms with Gasteiger partial charge in [0.05, 0.1) is 5.39 Å². The first-order valence-electron chi connectivity index (χ1n) is 6.73. The highest BCUT2D eigenvalue weighted by molar-refractivity contribution is 6.31. The van der Waals surface area contributed by atoms with Crippen LogP contribution in [-0.2, 0) is 0 Å². The predicted octanol–water partition coefficient (Wildman–Crippen LogP) is 2.95. The van der Waals surface area contributed by atoms with E-state index in [4.69, 9.17) is 20.9 Å². The van der Waals surface area contributed by atoms with Crippen molar-refractivity contribution in [2.45, 2.75) is 18.9 Å². The lowest BCUT2D eigenvalue weighted by atomic mass is 9.86. The monoisotopic (exact) mass is 278 g/mol. The topological polar surface area (TPSA) is 38.5 Å². The average Bonchev–Trinajstić information content (AvgIpc) is 2.83. The summed E-state index contributed by atoms with van der Waals surface area (Å²) in [4.78, 5) is 2.46. The fourth-order valence-corrected chi connectivity index (χ4v) is 3.33. The summed E-state index contributed by atoms with van der Waals surface area (Å²) < 4.78 is 11.4. The molecule has 0 saturated carbocycles. The summed E-state index contributed by atoms with van der Waals surface area (Å²) >= 11 is 6.02. The molecule has 1 aromatic carbocycles. The quantitative estimate of drug-likeness (QED) is 0.847. The van der Waals surface area contributed by atoms with Crippen LogP contribution in [0, 0.1) is 5.92 Å². The standard InChI is InChI=1S/C14H15ClN2O2/c15-10-1-2-12-11(7-10)14(16-19-12)18-13-8-17-5-3-9(13)4-6-17/h1-2,7,9,13H,3-6,8H2. The largest absolute Gasteiger partial charge is 0.470 e. The molecular weight excluding hydrogens is 264 g/mol. The van der Waals surface area contributed by atoms with Crippen LogP contribution in [0.25, 0.3) is 11.0 Å². The fraction of sp³-hybridized carbons (Fsp3) is 0.500. The first kappa shape index (κ1) is 11.6. The Kier molecular flexibility index (Phi) is 2.67. The molecule has 0 N–H and O–H groups in total. The molecule has 100 valence electrons. The lowest BCUT2D eigenvalue weighted by molar-refractivity contribution is -0.0106. The van der Waals surface area contributed by atoms with Gasteiger partial charge in [0.15, 0.2) is 5.58 Å². The third-order valence-corrected chi connectivity index (χ3v) is 4.49. The molecular formula is C14H15ClN2O2. The zero-order chi connectivity index (χ0) is 12.8. The van der Waals surface area contributed by atoms with Gasteiger partial charge in [0.2, 0.25) is 0 Å². The van der Waals surface area contributed by atoms with E-state index in [2.05, 4.69) is 10.1 Å². The molecule has 5 rings (SSSR count). The molecule has 0 aliphatic carbocycles. The summed E-state index contributed by atoms with van der Waals surface area (Å²) in [5.74, 6) is 1.23. The Morgan fingerprint density at radius 1 is 1.32 bits per heavy atom. The van der Waals surface area contributed by atoms with Gasteiger partial charge < -0.3 is 9.26 Å². The number of nitrogens with zero attached hydrogens (tertiary/aromatic N) is 2. The van der Waals surface area contributed by atoms with Crippen LogP contribution in [0.15, 0.2) is 22.7 Å². The van der Waals surface area contributed by atoms with Gasteiger partial charge in [-0.25, -0.2) is 0 Å². The van der Waals surface area contributed by atoms with Gasteiger partial charge in [0.1, 0.15) is 6.10 Å². The molecule has 2 bridgehead atoms. The van der Waals surface area contributed by atoms with Crippen LogP contribution in [0.4, 0.5) is 0 Å². The van der Waals surface area contributed by atoms with Gasteiger partial charge >= 0.3 is 0 Å².